The molecule has 0 aliphatic rings. The van der Waals surface area contributed by atoms with Crippen LogP contribution in [0.5, 0.6) is 0 Å². The Morgan fingerprint density at radius 2 is 0.923 bits per heavy atom. The molecule has 0 rings (SSSR count). The summed E-state index contributed by atoms with van der Waals surface area (Å²) in [5.74, 6) is -0.199. The fourth-order valence-corrected chi connectivity index (χ4v) is 2.53. The highest BCUT2D eigenvalue weighted by Crippen LogP contribution is 2.10. The number of quaternary nitrogens is 2. The normalized spacial score (nSPS) is 14.0. The molecule has 0 spiro atoms. The number of likely N-dealkylation sites (N-methyl/N-ethyl adjacent to an activating group) is 2. The molecule has 2 N–H and O–H groups in total. The average Bonchev–Trinajstić information content (AvgIpc) is 2.38. The van der Waals surface area contributed by atoms with Gasteiger partial charge in [-0.2, -0.15) is 0 Å². The quantitative estimate of drug-likeness (QED) is 0.126. The largest absolute Gasteiger partial charge is 1.00 e. The van der Waals surface area contributed by atoms with Gasteiger partial charge in [-0.05, 0) is 12.8 Å². The fourth-order valence-electron chi connectivity index (χ4n) is 2.53. The molecule has 0 aliphatic heterocycles. The monoisotopic (exact) mass is 600 g/mol. The van der Waals surface area contributed by atoms with Crippen LogP contribution >= 0.6 is 0 Å². The summed E-state index contributed by atoms with van der Waals surface area (Å²) in [6.45, 7) is 0.856. The first-order chi connectivity index (χ1) is 10.8. The van der Waals surface area contributed by atoms with Crippen molar-refractivity contribution in [1.29, 1.82) is 0 Å². The van der Waals surface area contributed by atoms with E-state index in [2.05, 4.69) is 0 Å². The maximum Gasteiger partial charge on any atom is 0.167 e. The smallest absolute Gasteiger partial charge is 0.167 e. The molecule has 0 radical (unpaired) electrons. The number of aliphatic hydroxyl groups excluding tert-OH is 2. The van der Waals surface area contributed by atoms with E-state index in [4.69, 9.17) is 0 Å². The first-order valence-electron chi connectivity index (χ1n) is 8.84. The van der Waals surface area contributed by atoms with E-state index in [9.17, 15) is 19.8 Å². The van der Waals surface area contributed by atoms with Crippen LogP contribution in [0, 0.1) is 0 Å². The van der Waals surface area contributed by atoms with Gasteiger partial charge in [-0.1, -0.05) is 12.8 Å². The average molecular weight is 600 g/mol. The minimum Gasteiger partial charge on any atom is -1.00 e. The Balaban J connectivity index is -0.00000264. The number of hydrogen-bond donors (Lipinski definition) is 2. The highest BCUT2D eigenvalue weighted by atomic mass is 127. The third-order valence-corrected chi connectivity index (χ3v) is 3.78. The molecule has 0 saturated heterocycles. The van der Waals surface area contributed by atoms with Gasteiger partial charge in [0.2, 0.25) is 0 Å². The highest BCUT2D eigenvalue weighted by Gasteiger charge is 2.23. The minimum atomic E-state index is -0.891. The molecule has 0 amide bonds. The number of carbonyl (C=O) groups excluding carboxylic acids is 2. The van der Waals surface area contributed by atoms with E-state index in [0.717, 1.165) is 25.7 Å². The number of unbranched alkanes of at least 4 members (excludes halogenated alkanes) is 3. The van der Waals surface area contributed by atoms with Crippen molar-refractivity contribution in [3.63, 3.8) is 0 Å². The molecule has 2 unspecified atom stereocenters. The first kappa shape index (κ1) is 31.3. The lowest BCUT2D eigenvalue weighted by Gasteiger charge is -2.26. The third kappa shape index (κ3) is 18.0. The molecule has 0 heterocycles. The van der Waals surface area contributed by atoms with Crippen molar-refractivity contribution in [1.82, 2.24) is 0 Å². The van der Waals surface area contributed by atoms with Crippen LogP contribution in [-0.4, -0.2) is 98.3 Å². The van der Waals surface area contributed by atoms with Crippen molar-refractivity contribution in [2.45, 2.75) is 50.7 Å². The Labute approximate surface area is 193 Å². The number of Topliss-reactive ketones (excluding diaryl/α,β-unsaturated/α-hetero) is 2. The van der Waals surface area contributed by atoms with Gasteiger partial charge in [0, 0.05) is 12.8 Å². The summed E-state index contributed by atoms with van der Waals surface area (Å²) in [4.78, 5) is 23.7. The molecule has 158 valence electrons. The molecule has 0 aliphatic carbocycles. The number of carbonyl (C=O) groups is 2. The Morgan fingerprint density at radius 1 is 0.654 bits per heavy atom. The summed E-state index contributed by atoms with van der Waals surface area (Å²) in [5.41, 5.74) is 0. The molecular formula is C18H38I2N2O4. The Bertz CT molecular complexity index is 369. The van der Waals surface area contributed by atoms with Gasteiger partial charge in [0.25, 0.3) is 0 Å². The molecule has 0 bridgehead atoms. The molecule has 26 heavy (non-hydrogen) atoms. The molecule has 6 nitrogen and oxygen atoms in total. The Kier molecular flexibility index (Phi) is 17.6. The van der Waals surface area contributed by atoms with Crippen LogP contribution in [0.2, 0.25) is 0 Å². The standard InChI is InChI=1S/C18H38N2O4.2HI/c1-19(2,3)13-17(23)15(21)11-9-7-8-10-12-16(22)18(24)14-20(4,5)6;;/h17-18,23-24H,7-14H2,1-6H3;2*1H/q+2;;/p-2. The van der Waals surface area contributed by atoms with Crippen LogP contribution in [0.4, 0.5) is 0 Å². The number of nitrogens with zero attached hydrogens (tertiary/aromatic N) is 2. The van der Waals surface area contributed by atoms with E-state index in [0.29, 0.717) is 34.9 Å². The van der Waals surface area contributed by atoms with Crippen molar-refractivity contribution in [2.75, 3.05) is 55.4 Å². The SMILES string of the molecule is C[N+](C)(C)CC(O)C(=O)CCCCCCC(=O)C(O)C[N+](C)(C)C.[I-].[I-]. The molecule has 0 aromatic heterocycles. The van der Waals surface area contributed by atoms with Gasteiger partial charge >= 0.3 is 0 Å². The molecule has 8 heteroatoms. The van der Waals surface area contributed by atoms with Crippen LogP contribution in [-0.2, 0) is 9.59 Å². The molecular weight excluding hydrogens is 562 g/mol. The molecule has 0 fully saturated rings. The number of rotatable bonds is 13. The second-order valence-corrected chi connectivity index (χ2v) is 8.82. The molecule has 2 atom stereocenters. The summed E-state index contributed by atoms with van der Waals surface area (Å²) in [6, 6.07) is 0. The van der Waals surface area contributed by atoms with Crippen molar-refractivity contribution in [3.8, 4) is 0 Å². The predicted molar refractivity (Wildman–Crippen MR) is 95.5 cm³/mol. The van der Waals surface area contributed by atoms with Crippen LogP contribution in [0.3, 0.4) is 0 Å². The van der Waals surface area contributed by atoms with Gasteiger partial charge in [0.15, 0.2) is 23.8 Å². The molecule has 0 aromatic carbocycles. The van der Waals surface area contributed by atoms with Crippen molar-refractivity contribution < 1.29 is 76.7 Å². The van der Waals surface area contributed by atoms with E-state index in [1.54, 1.807) is 0 Å². The van der Waals surface area contributed by atoms with E-state index >= 15 is 0 Å². The lowest BCUT2D eigenvalue weighted by atomic mass is 10.0. The number of aliphatic hydroxyl groups is 2. The number of halogens is 2. The van der Waals surface area contributed by atoms with Gasteiger partial charge in [0.05, 0.1) is 42.3 Å². The summed E-state index contributed by atoms with van der Waals surface area (Å²) < 4.78 is 1.12. The van der Waals surface area contributed by atoms with Crippen LogP contribution < -0.4 is 48.0 Å². The van der Waals surface area contributed by atoms with E-state index in [-0.39, 0.29) is 59.5 Å². The zero-order valence-electron chi connectivity index (χ0n) is 17.2. The van der Waals surface area contributed by atoms with Crippen LogP contribution in [0.15, 0.2) is 0 Å². The third-order valence-electron chi connectivity index (χ3n) is 3.78. The van der Waals surface area contributed by atoms with Crippen LogP contribution in [0.25, 0.3) is 0 Å². The van der Waals surface area contributed by atoms with Gasteiger partial charge in [-0.3, -0.25) is 9.59 Å². The molecule has 0 saturated carbocycles. The lowest BCUT2D eigenvalue weighted by Crippen LogP contribution is -3.00. The highest BCUT2D eigenvalue weighted by molar-refractivity contribution is 5.83. The maximum atomic E-state index is 11.8. The zero-order valence-corrected chi connectivity index (χ0v) is 21.5. The van der Waals surface area contributed by atoms with Gasteiger partial charge < -0.3 is 67.1 Å². The minimum absolute atomic E-state index is 0. The summed E-state index contributed by atoms with van der Waals surface area (Å²) in [6.07, 6.45) is 2.20. The lowest BCUT2D eigenvalue weighted by molar-refractivity contribution is -0.872. The Morgan fingerprint density at radius 3 is 1.15 bits per heavy atom. The first-order valence-corrected chi connectivity index (χ1v) is 8.84. The van der Waals surface area contributed by atoms with E-state index in [1.807, 2.05) is 42.3 Å². The summed E-state index contributed by atoms with van der Waals surface area (Å²) >= 11 is 0. The Hall–Kier alpha value is 0.640. The van der Waals surface area contributed by atoms with Gasteiger partial charge in [-0.25, -0.2) is 0 Å². The second kappa shape index (κ2) is 14.6. The molecule has 0 aromatic rings. The number of hydrogen-bond acceptors (Lipinski definition) is 4. The fraction of sp³-hybridized carbons (Fsp3) is 0.889. The second-order valence-electron chi connectivity index (χ2n) is 8.82. The van der Waals surface area contributed by atoms with Gasteiger partial charge in [0.1, 0.15) is 13.1 Å². The topological polar surface area (TPSA) is 74.6 Å². The number of ketones is 2. The van der Waals surface area contributed by atoms with Crippen molar-refractivity contribution >= 4 is 11.6 Å². The van der Waals surface area contributed by atoms with Crippen molar-refractivity contribution in [2.24, 2.45) is 0 Å². The van der Waals surface area contributed by atoms with Gasteiger partial charge in [-0.15, -0.1) is 0 Å². The van der Waals surface area contributed by atoms with E-state index in [1.165, 1.54) is 0 Å². The maximum absolute atomic E-state index is 11.8. The zero-order chi connectivity index (χ0) is 19.0. The predicted octanol–water partition coefficient (Wildman–Crippen LogP) is -5.39. The van der Waals surface area contributed by atoms with E-state index < -0.39 is 12.2 Å². The van der Waals surface area contributed by atoms with Crippen molar-refractivity contribution in [3.05, 3.63) is 0 Å². The summed E-state index contributed by atoms with van der Waals surface area (Å²) in [5, 5.41) is 19.7. The summed E-state index contributed by atoms with van der Waals surface area (Å²) in [7, 11) is 11.7. The van der Waals surface area contributed by atoms with Crippen LogP contribution in [0.1, 0.15) is 38.5 Å².